The molecule has 0 aliphatic carbocycles. The predicted molar refractivity (Wildman–Crippen MR) is 45.6 cm³/mol. The summed E-state index contributed by atoms with van der Waals surface area (Å²) >= 11 is -1.97. The van der Waals surface area contributed by atoms with E-state index in [0.29, 0.717) is 0 Å². The van der Waals surface area contributed by atoms with E-state index in [0.717, 1.165) is 5.56 Å². The molecule has 1 atom stereocenters. The van der Waals surface area contributed by atoms with Crippen LogP contribution in [-0.4, -0.2) is 8.76 Å². The van der Waals surface area contributed by atoms with Gasteiger partial charge in [-0.05, 0) is 18.6 Å². The van der Waals surface area contributed by atoms with Gasteiger partial charge in [-0.25, -0.2) is 8.60 Å². The topological polar surface area (TPSA) is 37.3 Å². The second-order valence-corrected chi connectivity index (χ2v) is 3.49. The van der Waals surface area contributed by atoms with E-state index >= 15 is 0 Å². The molecule has 1 rings (SSSR count). The molecule has 0 saturated heterocycles. The van der Waals surface area contributed by atoms with Gasteiger partial charge in [-0.1, -0.05) is 12.1 Å². The van der Waals surface area contributed by atoms with E-state index in [1.165, 1.54) is 12.1 Å². The molecule has 1 aromatic carbocycles. The Morgan fingerprint density at radius 1 is 1.58 bits per heavy atom. The van der Waals surface area contributed by atoms with Crippen molar-refractivity contribution in [2.24, 2.45) is 0 Å². The van der Waals surface area contributed by atoms with Crippen molar-refractivity contribution < 1.29 is 13.2 Å². The third-order valence-corrected chi connectivity index (χ3v) is 2.05. The van der Waals surface area contributed by atoms with Gasteiger partial charge in [0.2, 0.25) is 0 Å². The minimum absolute atomic E-state index is 0.147. The summed E-state index contributed by atoms with van der Waals surface area (Å²) < 4.78 is 31.8. The summed E-state index contributed by atoms with van der Waals surface area (Å²) in [6.45, 7) is 1.77. The van der Waals surface area contributed by atoms with E-state index in [2.05, 4.69) is 0 Å². The van der Waals surface area contributed by atoms with Crippen LogP contribution in [0.1, 0.15) is 11.1 Å². The summed E-state index contributed by atoms with van der Waals surface area (Å²) in [7, 11) is 0. The maximum atomic E-state index is 13.0. The van der Waals surface area contributed by atoms with Crippen LogP contribution in [-0.2, 0) is 16.8 Å². The van der Waals surface area contributed by atoms with Gasteiger partial charge in [-0.15, -0.1) is 0 Å². The highest BCUT2D eigenvalue weighted by atomic mass is 32.2. The number of hydrogen-bond acceptors (Lipinski definition) is 1. The van der Waals surface area contributed by atoms with Crippen molar-refractivity contribution in [3.63, 3.8) is 0 Å². The number of halogens is 1. The van der Waals surface area contributed by atoms with Gasteiger partial charge in [0.05, 0.1) is 5.75 Å². The second-order valence-electron chi connectivity index (χ2n) is 2.56. The van der Waals surface area contributed by atoms with Crippen molar-refractivity contribution in [2.75, 3.05) is 0 Å². The van der Waals surface area contributed by atoms with Crippen LogP contribution in [0.2, 0.25) is 0 Å². The van der Waals surface area contributed by atoms with Gasteiger partial charge in [0.25, 0.3) is 0 Å². The molecule has 0 aromatic heterocycles. The molecule has 1 N–H and O–H groups in total. The average molecular weight is 188 g/mol. The fourth-order valence-electron chi connectivity index (χ4n) is 0.902. The second kappa shape index (κ2) is 3.78. The molecule has 0 heterocycles. The first-order valence-electron chi connectivity index (χ1n) is 3.42. The molecule has 0 saturated carbocycles. The molecule has 0 spiro atoms. The predicted octanol–water partition coefficient (Wildman–Crippen LogP) is 1.86. The quantitative estimate of drug-likeness (QED) is 0.719. The fraction of sp³-hybridized carbons (Fsp3) is 0.250. The van der Waals surface area contributed by atoms with Crippen molar-refractivity contribution in [2.45, 2.75) is 12.7 Å². The highest BCUT2D eigenvalue weighted by Crippen LogP contribution is 2.10. The Hall–Kier alpha value is -0.740. The Kier molecular flexibility index (Phi) is 2.94. The molecule has 1 aromatic rings. The molecule has 0 amide bonds. The standard InChI is InChI=1S/C8H9FO2S/c1-6-2-3-7(5-12(10)11)8(9)4-6/h2-4H,5H2,1H3,(H,10,11). The first-order valence-corrected chi connectivity index (χ1v) is 4.69. The molecule has 12 heavy (non-hydrogen) atoms. The zero-order chi connectivity index (χ0) is 9.14. The minimum atomic E-state index is -1.97. The highest BCUT2D eigenvalue weighted by molar-refractivity contribution is 7.78. The maximum absolute atomic E-state index is 13.0. The molecule has 4 heteroatoms. The molecule has 1 unspecified atom stereocenters. The number of aryl methyl sites for hydroxylation is 1. The highest BCUT2D eigenvalue weighted by Gasteiger charge is 2.04. The van der Waals surface area contributed by atoms with Crippen LogP contribution in [0, 0.1) is 12.7 Å². The molecular weight excluding hydrogens is 179 g/mol. The van der Waals surface area contributed by atoms with Crippen molar-refractivity contribution in [3.05, 3.63) is 35.1 Å². The van der Waals surface area contributed by atoms with Gasteiger partial charge in [0, 0.05) is 5.56 Å². The number of rotatable bonds is 2. The van der Waals surface area contributed by atoms with Crippen molar-refractivity contribution in [1.82, 2.24) is 0 Å². The molecule has 0 radical (unpaired) electrons. The zero-order valence-corrected chi connectivity index (χ0v) is 7.40. The molecule has 0 bridgehead atoms. The van der Waals surface area contributed by atoms with Gasteiger partial charge >= 0.3 is 0 Å². The van der Waals surface area contributed by atoms with E-state index in [1.54, 1.807) is 13.0 Å². The van der Waals surface area contributed by atoms with Crippen LogP contribution >= 0.6 is 0 Å². The van der Waals surface area contributed by atoms with E-state index in [4.69, 9.17) is 4.55 Å². The van der Waals surface area contributed by atoms with Gasteiger partial charge in [-0.2, -0.15) is 0 Å². The zero-order valence-electron chi connectivity index (χ0n) is 6.58. The van der Waals surface area contributed by atoms with E-state index in [9.17, 15) is 8.60 Å². The SMILES string of the molecule is Cc1ccc(CS(=O)O)c(F)c1. The van der Waals surface area contributed by atoms with Gasteiger partial charge in [0.15, 0.2) is 11.1 Å². The van der Waals surface area contributed by atoms with E-state index in [1.807, 2.05) is 0 Å². The summed E-state index contributed by atoms with van der Waals surface area (Å²) in [5.41, 5.74) is 1.08. The summed E-state index contributed by atoms with van der Waals surface area (Å²) in [6, 6.07) is 4.59. The Labute approximate surface area is 72.7 Å². The smallest absolute Gasteiger partial charge is 0.157 e. The summed E-state index contributed by atoms with van der Waals surface area (Å²) in [6.07, 6.45) is 0. The molecule has 2 nitrogen and oxygen atoms in total. The fourth-order valence-corrected chi connectivity index (χ4v) is 1.40. The number of benzene rings is 1. The summed E-state index contributed by atoms with van der Waals surface area (Å²) in [5, 5.41) is 0. The number of hydrogen-bond donors (Lipinski definition) is 1. The Balaban J connectivity index is 2.93. The Morgan fingerprint density at radius 2 is 2.25 bits per heavy atom. The molecular formula is C8H9FO2S. The van der Waals surface area contributed by atoms with E-state index < -0.39 is 16.9 Å². The lowest BCUT2D eigenvalue weighted by atomic mass is 10.2. The normalized spacial score (nSPS) is 12.9. The van der Waals surface area contributed by atoms with Crippen LogP contribution in [0.15, 0.2) is 18.2 Å². The minimum Gasteiger partial charge on any atom is -0.306 e. The molecule has 0 fully saturated rings. The van der Waals surface area contributed by atoms with Crippen molar-refractivity contribution >= 4 is 11.1 Å². The van der Waals surface area contributed by atoms with E-state index in [-0.39, 0.29) is 11.3 Å². The van der Waals surface area contributed by atoms with Crippen molar-refractivity contribution in [3.8, 4) is 0 Å². The summed E-state index contributed by atoms with van der Waals surface area (Å²) in [5.74, 6) is -0.566. The van der Waals surface area contributed by atoms with Gasteiger partial charge in [-0.3, -0.25) is 0 Å². The first-order chi connectivity index (χ1) is 5.59. The van der Waals surface area contributed by atoms with Crippen LogP contribution in [0.3, 0.4) is 0 Å². The van der Waals surface area contributed by atoms with Crippen LogP contribution in [0.5, 0.6) is 0 Å². The lowest BCUT2D eigenvalue weighted by Gasteiger charge is -2.00. The Morgan fingerprint density at radius 3 is 2.75 bits per heavy atom. The van der Waals surface area contributed by atoms with Crippen LogP contribution in [0.25, 0.3) is 0 Å². The molecule has 0 aliphatic heterocycles. The molecule has 66 valence electrons. The van der Waals surface area contributed by atoms with Crippen LogP contribution in [0.4, 0.5) is 4.39 Å². The monoisotopic (exact) mass is 188 g/mol. The van der Waals surface area contributed by atoms with Crippen molar-refractivity contribution in [1.29, 1.82) is 0 Å². The lowest BCUT2D eigenvalue weighted by molar-refractivity contribution is 0.559. The first kappa shape index (κ1) is 9.35. The third-order valence-electron chi connectivity index (χ3n) is 1.49. The summed E-state index contributed by atoms with van der Waals surface area (Å²) in [4.78, 5) is 0. The third kappa shape index (κ3) is 2.39. The Bertz CT molecular complexity index is 312. The maximum Gasteiger partial charge on any atom is 0.157 e. The average Bonchev–Trinajstić information content (AvgIpc) is 1.94. The van der Waals surface area contributed by atoms with Gasteiger partial charge < -0.3 is 4.55 Å². The largest absolute Gasteiger partial charge is 0.306 e. The molecule has 0 aliphatic rings. The van der Waals surface area contributed by atoms with Gasteiger partial charge in [0.1, 0.15) is 5.82 Å². The van der Waals surface area contributed by atoms with Crippen LogP contribution < -0.4 is 0 Å². The lowest BCUT2D eigenvalue weighted by Crippen LogP contribution is -1.96.